The maximum absolute atomic E-state index is 5.37. The molecule has 2 fully saturated rings. The normalized spacial score (nSPS) is 26.2. The number of morpholine rings is 1. The van der Waals surface area contributed by atoms with Crippen molar-refractivity contribution < 1.29 is 9.26 Å². The predicted molar refractivity (Wildman–Crippen MR) is 57.3 cm³/mol. The highest BCUT2D eigenvalue weighted by Gasteiger charge is 2.24. The van der Waals surface area contributed by atoms with Crippen LogP contribution in [-0.2, 0) is 4.74 Å². The Morgan fingerprint density at radius 1 is 1.31 bits per heavy atom. The maximum Gasteiger partial charge on any atom is 0.266 e. The van der Waals surface area contributed by atoms with Crippen molar-refractivity contribution >= 4 is 5.95 Å². The molecule has 16 heavy (non-hydrogen) atoms. The van der Waals surface area contributed by atoms with Gasteiger partial charge in [-0.05, 0) is 18.0 Å². The van der Waals surface area contributed by atoms with E-state index in [1.54, 1.807) is 0 Å². The Morgan fingerprint density at radius 2 is 2.19 bits per heavy atom. The molecule has 3 rings (SSSR count). The van der Waals surface area contributed by atoms with Crippen LogP contribution in [0.25, 0.3) is 0 Å². The molecule has 1 unspecified atom stereocenters. The second kappa shape index (κ2) is 4.39. The molecule has 2 aliphatic heterocycles. The molecule has 1 aromatic heterocycles. The molecular formula is C10H16N4O2. The molecule has 6 heteroatoms. The van der Waals surface area contributed by atoms with Gasteiger partial charge in [0.15, 0.2) is 0 Å². The lowest BCUT2D eigenvalue weighted by molar-refractivity contribution is 0.0659. The lowest BCUT2D eigenvalue weighted by Gasteiger charge is -2.20. The van der Waals surface area contributed by atoms with Gasteiger partial charge in [0.05, 0.1) is 13.2 Å². The number of ether oxygens (including phenoxy) is 1. The first-order chi connectivity index (χ1) is 7.93. The van der Waals surface area contributed by atoms with E-state index >= 15 is 0 Å². The summed E-state index contributed by atoms with van der Waals surface area (Å²) < 4.78 is 10.6. The van der Waals surface area contributed by atoms with Gasteiger partial charge >= 0.3 is 0 Å². The first-order valence-electron chi connectivity index (χ1n) is 5.83. The van der Waals surface area contributed by atoms with Gasteiger partial charge in [-0.1, -0.05) is 0 Å². The minimum atomic E-state index is 0.0533. The molecule has 6 nitrogen and oxygen atoms in total. The van der Waals surface area contributed by atoms with Crippen LogP contribution in [0.4, 0.5) is 5.95 Å². The second-order valence-corrected chi connectivity index (χ2v) is 4.21. The fourth-order valence-corrected chi connectivity index (χ4v) is 2.14. The summed E-state index contributed by atoms with van der Waals surface area (Å²) in [7, 11) is 0. The lowest BCUT2D eigenvalue weighted by atomic mass is 10.3. The van der Waals surface area contributed by atoms with Gasteiger partial charge in [0.2, 0.25) is 5.89 Å². The molecule has 3 heterocycles. The number of aromatic nitrogens is 2. The van der Waals surface area contributed by atoms with Crippen LogP contribution in [-0.4, -0.2) is 43.0 Å². The quantitative estimate of drug-likeness (QED) is 0.781. The van der Waals surface area contributed by atoms with Gasteiger partial charge in [-0.15, -0.1) is 0 Å². The highest BCUT2D eigenvalue weighted by molar-refractivity contribution is 5.29. The van der Waals surface area contributed by atoms with Crippen LogP contribution in [0.15, 0.2) is 4.52 Å². The Morgan fingerprint density at radius 3 is 2.94 bits per heavy atom. The van der Waals surface area contributed by atoms with E-state index in [1.807, 2.05) is 0 Å². The third-order valence-electron chi connectivity index (χ3n) is 3.04. The van der Waals surface area contributed by atoms with Crippen molar-refractivity contribution in [3.63, 3.8) is 0 Å². The van der Waals surface area contributed by atoms with Crippen LogP contribution in [0.1, 0.15) is 24.8 Å². The second-order valence-electron chi connectivity index (χ2n) is 4.21. The Kier molecular flexibility index (Phi) is 2.75. The number of nitrogens with one attached hydrogen (secondary N) is 1. The number of anilines is 1. The summed E-state index contributed by atoms with van der Waals surface area (Å²) in [6, 6.07) is 0.0533. The van der Waals surface area contributed by atoms with E-state index in [0.717, 1.165) is 32.2 Å². The number of hydrogen-bond donors (Lipinski definition) is 1. The van der Waals surface area contributed by atoms with E-state index in [9.17, 15) is 0 Å². The fraction of sp³-hybridized carbons (Fsp3) is 0.800. The largest absolute Gasteiger partial charge is 0.378 e. The van der Waals surface area contributed by atoms with Crippen molar-refractivity contribution in [3.05, 3.63) is 5.89 Å². The van der Waals surface area contributed by atoms with Gasteiger partial charge in [-0.25, -0.2) is 0 Å². The van der Waals surface area contributed by atoms with Crippen LogP contribution in [0.5, 0.6) is 0 Å². The third-order valence-corrected chi connectivity index (χ3v) is 3.04. The molecule has 0 radical (unpaired) electrons. The Balaban J connectivity index is 1.71. The first kappa shape index (κ1) is 10.0. The summed E-state index contributed by atoms with van der Waals surface area (Å²) in [5.74, 6) is 1.36. The topological polar surface area (TPSA) is 63.4 Å². The summed E-state index contributed by atoms with van der Waals surface area (Å²) in [6.07, 6.45) is 2.43. The SMILES string of the molecule is C1CCN(c2noc(C3COCCN3)n2)C1. The zero-order valence-corrected chi connectivity index (χ0v) is 9.19. The fourth-order valence-electron chi connectivity index (χ4n) is 2.14. The van der Waals surface area contributed by atoms with Crippen molar-refractivity contribution in [2.75, 3.05) is 37.7 Å². The highest BCUT2D eigenvalue weighted by Crippen LogP contribution is 2.20. The molecular weight excluding hydrogens is 208 g/mol. The molecule has 0 spiro atoms. The van der Waals surface area contributed by atoms with E-state index in [1.165, 1.54) is 12.8 Å². The predicted octanol–water partition coefficient (Wildman–Crippen LogP) is 0.331. The van der Waals surface area contributed by atoms with E-state index in [0.29, 0.717) is 12.5 Å². The molecule has 1 atom stereocenters. The molecule has 2 saturated heterocycles. The van der Waals surface area contributed by atoms with Gasteiger partial charge < -0.3 is 19.5 Å². The highest BCUT2D eigenvalue weighted by atomic mass is 16.5. The van der Waals surface area contributed by atoms with E-state index in [4.69, 9.17) is 9.26 Å². The zero-order chi connectivity index (χ0) is 10.8. The third kappa shape index (κ3) is 1.90. The van der Waals surface area contributed by atoms with Gasteiger partial charge in [-0.3, -0.25) is 0 Å². The van der Waals surface area contributed by atoms with Crippen molar-refractivity contribution in [3.8, 4) is 0 Å². The molecule has 0 aliphatic carbocycles. The molecule has 0 bridgehead atoms. The van der Waals surface area contributed by atoms with Gasteiger partial charge in [-0.2, -0.15) is 4.98 Å². The van der Waals surface area contributed by atoms with Crippen LogP contribution in [0, 0.1) is 0 Å². The van der Waals surface area contributed by atoms with Gasteiger partial charge in [0, 0.05) is 19.6 Å². The minimum absolute atomic E-state index is 0.0533. The smallest absolute Gasteiger partial charge is 0.266 e. The Hall–Kier alpha value is -1.14. The summed E-state index contributed by atoms with van der Waals surface area (Å²) in [6.45, 7) is 4.28. The van der Waals surface area contributed by atoms with Crippen molar-refractivity contribution in [1.82, 2.24) is 15.5 Å². The van der Waals surface area contributed by atoms with Gasteiger partial charge in [0.1, 0.15) is 6.04 Å². The maximum atomic E-state index is 5.37. The molecule has 1 N–H and O–H groups in total. The molecule has 88 valence electrons. The summed E-state index contributed by atoms with van der Waals surface area (Å²) >= 11 is 0. The van der Waals surface area contributed by atoms with Crippen LogP contribution in [0.2, 0.25) is 0 Å². The van der Waals surface area contributed by atoms with E-state index in [-0.39, 0.29) is 6.04 Å². The molecule has 0 aromatic carbocycles. The number of rotatable bonds is 2. The van der Waals surface area contributed by atoms with E-state index in [2.05, 4.69) is 20.4 Å². The minimum Gasteiger partial charge on any atom is -0.378 e. The average Bonchev–Trinajstić information content (AvgIpc) is 3.01. The van der Waals surface area contributed by atoms with Crippen molar-refractivity contribution in [2.45, 2.75) is 18.9 Å². The summed E-state index contributed by atoms with van der Waals surface area (Å²) in [4.78, 5) is 6.58. The van der Waals surface area contributed by atoms with Crippen LogP contribution in [0.3, 0.4) is 0 Å². The lowest BCUT2D eigenvalue weighted by Crippen LogP contribution is -2.34. The summed E-state index contributed by atoms with van der Waals surface area (Å²) in [5.41, 5.74) is 0. The van der Waals surface area contributed by atoms with Gasteiger partial charge in [0.25, 0.3) is 5.95 Å². The number of hydrogen-bond acceptors (Lipinski definition) is 6. The van der Waals surface area contributed by atoms with Crippen molar-refractivity contribution in [1.29, 1.82) is 0 Å². The first-order valence-corrected chi connectivity index (χ1v) is 5.83. The monoisotopic (exact) mass is 224 g/mol. The standard InChI is InChI=1S/C10H16N4O2/c1-2-5-14(4-1)10-12-9(16-13-10)8-7-15-6-3-11-8/h8,11H,1-7H2. The Labute approximate surface area is 93.9 Å². The molecule has 1 aromatic rings. The van der Waals surface area contributed by atoms with Crippen LogP contribution >= 0.6 is 0 Å². The zero-order valence-electron chi connectivity index (χ0n) is 9.19. The molecule has 0 amide bonds. The molecule has 0 saturated carbocycles. The van der Waals surface area contributed by atoms with E-state index < -0.39 is 0 Å². The van der Waals surface area contributed by atoms with Crippen LogP contribution < -0.4 is 10.2 Å². The van der Waals surface area contributed by atoms with Crippen molar-refractivity contribution in [2.24, 2.45) is 0 Å². The Bertz CT molecular complexity index is 342. The number of nitrogens with zero attached hydrogens (tertiary/aromatic N) is 3. The average molecular weight is 224 g/mol. The summed E-state index contributed by atoms with van der Waals surface area (Å²) in [5, 5.41) is 7.32. The molecule has 2 aliphatic rings.